The predicted molar refractivity (Wildman–Crippen MR) is 143 cm³/mol. The van der Waals surface area contributed by atoms with Crippen molar-refractivity contribution in [2.45, 2.75) is 70.8 Å². The van der Waals surface area contributed by atoms with E-state index in [1.165, 1.54) is 25.2 Å². The molecule has 5 rings (SSSR count). The number of likely N-dealkylation sites (tertiary alicyclic amines) is 1. The molecule has 1 aliphatic carbocycles. The zero-order valence-corrected chi connectivity index (χ0v) is 22.5. The summed E-state index contributed by atoms with van der Waals surface area (Å²) in [7, 11) is 0. The van der Waals surface area contributed by atoms with E-state index in [4.69, 9.17) is 9.05 Å². The molecule has 3 aromatic rings. The third-order valence-electron chi connectivity index (χ3n) is 8.57. The van der Waals surface area contributed by atoms with E-state index in [0.29, 0.717) is 59.7 Å². The van der Waals surface area contributed by atoms with Gasteiger partial charge in [-0.05, 0) is 75.2 Å². The largest absolute Gasteiger partial charge is 0.364 e. The third-order valence-corrected chi connectivity index (χ3v) is 8.57. The van der Waals surface area contributed by atoms with Crippen LogP contribution in [0.4, 0.5) is 4.39 Å². The van der Waals surface area contributed by atoms with Gasteiger partial charge < -0.3 is 19.3 Å². The highest BCUT2D eigenvalue weighted by Crippen LogP contribution is 2.60. The zero-order chi connectivity index (χ0) is 27.2. The topological polar surface area (TPSA) is 101 Å². The zero-order valence-electron chi connectivity index (χ0n) is 22.5. The molecule has 0 bridgehead atoms. The van der Waals surface area contributed by atoms with Gasteiger partial charge in [-0.2, -0.15) is 0 Å². The Hall–Kier alpha value is -3.33. The molecule has 0 radical (unpaired) electrons. The Morgan fingerprint density at radius 1 is 1.15 bits per heavy atom. The van der Waals surface area contributed by atoms with Crippen molar-refractivity contribution in [2.24, 2.45) is 11.3 Å². The van der Waals surface area contributed by atoms with Crippen molar-refractivity contribution in [1.29, 1.82) is 0 Å². The number of ketones is 1. The lowest BCUT2D eigenvalue weighted by molar-refractivity contribution is -0.122. The highest BCUT2D eigenvalue weighted by molar-refractivity contribution is 5.93. The number of halogens is 1. The van der Waals surface area contributed by atoms with E-state index in [1.54, 1.807) is 30.3 Å². The molecule has 8 nitrogen and oxygen atoms in total. The number of unbranched alkanes of at least 4 members (excludes halogenated alkanes) is 2. The first-order valence-electron chi connectivity index (χ1n) is 14.1. The fourth-order valence-corrected chi connectivity index (χ4v) is 5.95. The maximum Gasteiger partial charge on any atom is 0.220 e. The standard InChI is InChI=1S/C30H37FN4O4/c1-2-35-15-13-30(14-16-35)20-21(30)18-29(37)32-24(10-4-3-5-11-27(36)25-12-17-38-33-25)26-19-28(39-34-26)22-8-6-7-9-23(22)31/h6-9,12,17,19,21,24H,2-5,10-11,13-16,18,20H2,1H3,(H,32,37)/t21-,24?/m0/s1. The molecule has 2 fully saturated rings. The summed E-state index contributed by atoms with van der Waals surface area (Å²) >= 11 is 0. The Kier molecular flexibility index (Phi) is 8.55. The van der Waals surface area contributed by atoms with Gasteiger partial charge in [0.1, 0.15) is 23.5 Å². The molecule has 2 atom stereocenters. The number of rotatable bonds is 13. The van der Waals surface area contributed by atoms with Crippen LogP contribution in [0.3, 0.4) is 0 Å². The van der Waals surface area contributed by atoms with Gasteiger partial charge in [0.25, 0.3) is 0 Å². The van der Waals surface area contributed by atoms with Crippen molar-refractivity contribution in [3.63, 3.8) is 0 Å². The monoisotopic (exact) mass is 536 g/mol. The van der Waals surface area contributed by atoms with E-state index in [9.17, 15) is 14.0 Å². The fourth-order valence-electron chi connectivity index (χ4n) is 5.95. The molecule has 1 saturated heterocycles. The second kappa shape index (κ2) is 12.2. The number of carbonyl (C=O) groups is 2. The molecule has 208 valence electrons. The first kappa shape index (κ1) is 27.2. The molecule has 3 heterocycles. The molecule has 1 aliphatic heterocycles. The number of nitrogens with one attached hydrogen (secondary N) is 1. The minimum absolute atomic E-state index is 0.0245. The molecule has 39 heavy (non-hydrogen) atoms. The van der Waals surface area contributed by atoms with Gasteiger partial charge in [-0.3, -0.25) is 9.59 Å². The molecule has 1 unspecified atom stereocenters. The molecule has 1 saturated carbocycles. The van der Waals surface area contributed by atoms with Crippen LogP contribution in [-0.4, -0.2) is 46.5 Å². The van der Waals surface area contributed by atoms with Gasteiger partial charge in [0, 0.05) is 25.0 Å². The Balaban J connectivity index is 1.18. The number of nitrogens with zero attached hydrogens (tertiary/aromatic N) is 3. The first-order chi connectivity index (χ1) is 19.0. The number of amides is 1. The van der Waals surface area contributed by atoms with Crippen LogP contribution in [0.1, 0.15) is 86.9 Å². The SMILES string of the molecule is CCN1CCC2(CC1)C[C@@H]2CC(=O)NC(CCCCCC(=O)c1ccon1)c1cc(-c2ccccc2F)on1. The number of piperidine rings is 1. The Bertz CT molecular complexity index is 1250. The van der Waals surface area contributed by atoms with E-state index in [0.717, 1.165) is 38.9 Å². The average Bonchev–Trinajstić information content (AvgIpc) is 3.35. The van der Waals surface area contributed by atoms with Crippen LogP contribution in [0.25, 0.3) is 11.3 Å². The van der Waals surface area contributed by atoms with Crippen LogP contribution in [-0.2, 0) is 4.79 Å². The number of Topliss-reactive ketones (excluding diaryl/α,β-unsaturated/α-hetero) is 1. The van der Waals surface area contributed by atoms with Crippen LogP contribution in [0.2, 0.25) is 0 Å². The third kappa shape index (κ3) is 6.64. The summed E-state index contributed by atoms with van der Waals surface area (Å²) in [4.78, 5) is 27.8. The van der Waals surface area contributed by atoms with E-state index in [1.807, 2.05) is 0 Å². The van der Waals surface area contributed by atoms with Crippen LogP contribution < -0.4 is 5.32 Å². The first-order valence-corrected chi connectivity index (χ1v) is 14.1. The van der Waals surface area contributed by atoms with Gasteiger partial charge in [-0.25, -0.2) is 4.39 Å². The van der Waals surface area contributed by atoms with Crippen molar-refractivity contribution in [3.8, 4) is 11.3 Å². The second-order valence-corrected chi connectivity index (χ2v) is 11.0. The Morgan fingerprint density at radius 2 is 1.97 bits per heavy atom. The number of hydrogen-bond acceptors (Lipinski definition) is 7. The minimum atomic E-state index is -0.384. The van der Waals surface area contributed by atoms with Crippen molar-refractivity contribution in [3.05, 3.63) is 59.9 Å². The van der Waals surface area contributed by atoms with Crippen molar-refractivity contribution in [1.82, 2.24) is 20.5 Å². The van der Waals surface area contributed by atoms with Crippen LogP contribution in [0.15, 0.2) is 51.7 Å². The van der Waals surface area contributed by atoms with E-state index in [2.05, 4.69) is 27.5 Å². The van der Waals surface area contributed by atoms with E-state index < -0.39 is 0 Å². The van der Waals surface area contributed by atoms with Crippen LogP contribution in [0.5, 0.6) is 0 Å². The fraction of sp³-hybridized carbons (Fsp3) is 0.533. The number of carbonyl (C=O) groups excluding carboxylic acids is 2. The molecule has 1 aromatic carbocycles. The van der Waals surface area contributed by atoms with E-state index >= 15 is 0 Å². The average molecular weight is 537 g/mol. The second-order valence-electron chi connectivity index (χ2n) is 11.0. The van der Waals surface area contributed by atoms with Gasteiger partial charge >= 0.3 is 0 Å². The summed E-state index contributed by atoms with van der Waals surface area (Å²) in [6.45, 7) is 5.53. The summed E-state index contributed by atoms with van der Waals surface area (Å²) in [5, 5.41) is 11.1. The summed E-state index contributed by atoms with van der Waals surface area (Å²) < 4.78 is 24.6. The highest BCUT2D eigenvalue weighted by atomic mass is 19.1. The molecule has 2 aliphatic rings. The quantitative estimate of drug-likeness (QED) is 0.212. The molecular formula is C30H37FN4O4. The molecule has 1 spiro atoms. The lowest BCUT2D eigenvalue weighted by Gasteiger charge is -2.32. The van der Waals surface area contributed by atoms with Gasteiger partial charge in [-0.1, -0.05) is 42.2 Å². The Morgan fingerprint density at radius 3 is 2.72 bits per heavy atom. The van der Waals surface area contributed by atoms with Gasteiger partial charge in [0.05, 0.1) is 11.6 Å². The minimum Gasteiger partial charge on any atom is -0.364 e. The van der Waals surface area contributed by atoms with Crippen molar-refractivity contribution < 1.29 is 23.0 Å². The van der Waals surface area contributed by atoms with Crippen molar-refractivity contribution in [2.75, 3.05) is 19.6 Å². The van der Waals surface area contributed by atoms with Crippen LogP contribution >= 0.6 is 0 Å². The lowest BCUT2D eigenvalue weighted by atomic mass is 9.90. The summed E-state index contributed by atoms with van der Waals surface area (Å²) in [6, 6.07) is 9.35. The Labute approximate surface area is 228 Å². The molecule has 1 N–H and O–H groups in total. The highest BCUT2D eigenvalue weighted by Gasteiger charge is 2.54. The molecule has 2 aromatic heterocycles. The maximum absolute atomic E-state index is 14.3. The maximum atomic E-state index is 14.3. The molecule has 9 heteroatoms. The summed E-state index contributed by atoms with van der Waals surface area (Å²) in [5.41, 5.74) is 1.61. The van der Waals surface area contributed by atoms with Gasteiger partial charge in [0.2, 0.25) is 5.91 Å². The van der Waals surface area contributed by atoms with Crippen LogP contribution in [0, 0.1) is 17.2 Å². The van der Waals surface area contributed by atoms with Crippen molar-refractivity contribution >= 4 is 11.7 Å². The van der Waals surface area contributed by atoms with E-state index in [-0.39, 0.29) is 23.5 Å². The number of benzene rings is 1. The number of aromatic nitrogens is 2. The number of hydrogen-bond donors (Lipinski definition) is 1. The summed E-state index contributed by atoms with van der Waals surface area (Å²) in [6.07, 6.45) is 8.74. The van der Waals surface area contributed by atoms with Gasteiger partial charge in [0.15, 0.2) is 11.5 Å². The molecular weight excluding hydrogens is 499 g/mol. The normalized spacial score (nSPS) is 19.2. The summed E-state index contributed by atoms with van der Waals surface area (Å²) in [5.74, 6) is 0.375. The lowest BCUT2D eigenvalue weighted by Crippen LogP contribution is -2.35. The predicted octanol–water partition coefficient (Wildman–Crippen LogP) is 5.97. The van der Waals surface area contributed by atoms with Gasteiger partial charge in [-0.15, -0.1) is 0 Å². The smallest absolute Gasteiger partial charge is 0.220 e. The molecule has 1 amide bonds.